The van der Waals surface area contributed by atoms with Crippen molar-refractivity contribution < 1.29 is 18.7 Å². The molecule has 0 spiro atoms. The van der Waals surface area contributed by atoms with Gasteiger partial charge < -0.3 is 15.4 Å². The minimum atomic E-state index is -0.785. The Balaban J connectivity index is 1.84. The van der Waals surface area contributed by atoms with E-state index in [0.29, 0.717) is 18.7 Å². The molecule has 0 radical (unpaired) electrons. The van der Waals surface area contributed by atoms with Gasteiger partial charge in [0, 0.05) is 31.9 Å². The molecule has 2 rings (SSSR count). The standard InChI is InChI=1S/C17H24FN3O3/c1-12-5-6-13(10-15(12)18)19-16(22)17(23)20-14-4-3-7-21(11-14)8-9-24-2/h5-6,10,14H,3-4,7-9,11H2,1-2H3,(H,19,22)(H,20,23)/t14-/m1/s1. The van der Waals surface area contributed by atoms with E-state index in [0.717, 1.165) is 25.9 Å². The van der Waals surface area contributed by atoms with Crippen LogP contribution in [0.25, 0.3) is 0 Å². The first kappa shape index (κ1) is 18.4. The summed E-state index contributed by atoms with van der Waals surface area (Å²) in [5.74, 6) is -1.91. The van der Waals surface area contributed by atoms with Gasteiger partial charge in [0.2, 0.25) is 0 Å². The molecule has 24 heavy (non-hydrogen) atoms. The molecule has 1 aromatic carbocycles. The van der Waals surface area contributed by atoms with Crippen LogP contribution in [0, 0.1) is 12.7 Å². The predicted octanol–water partition coefficient (Wildman–Crippen LogP) is 1.30. The van der Waals surface area contributed by atoms with Crippen LogP contribution in [0.5, 0.6) is 0 Å². The molecule has 1 saturated heterocycles. The monoisotopic (exact) mass is 337 g/mol. The van der Waals surface area contributed by atoms with Crippen LogP contribution in [0.15, 0.2) is 18.2 Å². The molecule has 7 heteroatoms. The zero-order valence-corrected chi connectivity index (χ0v) is 14.1. The maximum atomic E-state index is 13.5. The van der Waals surface area contributed by atoms with E-state index in [1.165, 1.54) is 6.07 Å². The Morgan fingerprint density at radius 2 is 2.17 bits per heavy atom. The van der Waals surface area contributed by atoms with E-state index in [-0.39, 0.29) is 11.7 Å². The number of carbonyl (C=O) groups excluding carboxylic acids is 2. The Kier molecular flexibility index (Phi) is 6.69. The lowest BCUT2D eigenvalue weighted by molar-refractivity contribution is -0.136. The van der Waals surface area contributed by atoms with Crippen LogP contribution in [0.1, 0.15) is 18.4 Å². The average molecular weight is 337 g/mol. The van der Waals surface area contributed by atoms with Crippen molar-refractivity contribution in [2.75, 3.05) is 38.7 Å². The van der Waals surface area contributed by atoms with Crippen molar-refractivity contribution in [3.05, 3.63) is 29.6 Å². The molecular weight excluding hydrogens is 313 g/mol. The number of halogens is 1. The number of benzene rings is 1. The number of nitrogens with zero attached hydrogens (tertiary/aromatic N) is 1. The Bertz CT molecular complexity index is 594. The Morgan fingerprint density at radius 3 is 2.88 bits per heavy atom. The third kappa shape index (κ3) is 5.28. The number of rotatable bonds is 5. The maximum absolute atomic E-state index is 13.5. The van der Waals surface area contributed by atoms with Gasteiger partial charge in [0.25, 0.3) is 0 Å². The molecule has 1 aliphatic heterocycles. The van der Waals surface area contributed by atoms with Gasteiger partial charge in [0.15, 0.2) is 0 Å². The van der Waals surface area contributed by atoms with E-state index in [1.54, 1.807) is 26.2 Å². The van der Waals surface area contributed by atoms with E-state index < -0.39 is 17.6 Å². The summed E-state index contributed by atoms with van der Waals surface area (Å²) in [6.45, 7) is 4.73. The van der Waals surface area contributed by atoms with Crippen molar-refractivity contribution in [3.63, 3.8) is 0 Å². The van der Waals surface area contributed by atoms with Gasteiger partial charge in [0.05, 0.1) is 6.61 Å². The van der Waals surface area contributed by atoms with Gasteiger partial charge in [-0.15, -0.1) is 0 Å². The normalized spacial score (nSPS) is 18.2. The number of aryl methyl sites for hydroxylation is 1. The molecule has 1 fully saturated rings. The molecule has 132 valence electrons. The van der Waals surface area contributed by atoms with E-state index in [4.69, 9.17) is 4.74 Å². The van der Waals surface area contributed by atoms with Crippen LogP contribution in [-0.4, -0.2) is 56.1 Å². The van der Waals surface area contributed by atoms with E-state index >= 15 is 0 Å². The second kappa shape index (κ2) is 8.75. The van der Waals surface area contributed by atoms with Crippen LogP contribution in [0.4, 0.5) is 10.1 Å². The number of carbonyl (C=O) groups is 2. The topological polar surface area (TPSA) is 70.7 Å². The Labute approximate surface area is 141 Å². The van der Waals surface area contributed by atoms with E-state index in [1.807, 2.05) is 0 Å². The van der Waals surface area contributed by atoms with Gasteiger partial charge in [0.1, 0.15) is 5.82 Å². The van der Waals surface area contributed by atoms with Crippen molar-refractivity contribution in [2.45, 2.75) is 25.8 Å². The van der Waals surface area contributed by atoms with Gasteiger partial charge in [-0.05, 0) is 44.0 Å². The summed E-state index contributed by atoms with van der Waals surface area (Å²) in [4.78, 5) is 26.2. The number of likely N-dealkylation sites (tertiary alicyclic amines) is 1. The van der Waals surface area contributed by atoms with Gasteiger partial charge in [-0.3, -0.25) is 14.5 Å². The summed E-state index contributed by atoms with van der Waals surface area (Å²) in [7, 11) is 1.65. The molecule has 1 atom stereocenters. The molecule has 2 amide bonds. The van der Waals surface area contributed by atoms with Crippen molar-refractivity contribution in [3.8, 4) is 0 Å². The molecule has 0 aromatic heterocycles. The van der Waals surface area contributed by atoms with Crippen LogP contribution in [0.3, 0.4) is 0 Å². The van der Waals surface area contributed by atoms with Crippen molar-refractivity contribution in [1.82, 2.24) is 10.2 Å². The fourth-order valence-electron chi connectivity index (χ4n) is 2.71. The quantitative estimate of drug-likeness (QED) is 0.795. The average Bonchev–Trinajstić information content (AvgIpc) is 2.56. The summed E-state index contributed by atoms with van der Waals surface area (Å²) < 4.78 is 18.5. The van der Waals surface area contributed by atoms with Crippen molar-refractivity contribution in [2.24, 2.45) is 0 Å². The Morgan fingerprint density at radius 1 is 1.38 bits per heavy atom. The molecule has 1 aromatic rings. The van der Waals surface area contributed by atoms with Gasteiger partial charge in [-0.2, -0.15) is 0 Å². The summed E-state index contributed by atoms with van der Waals surface area (Å²) >= 11 is 0. The first-order chi connectivity index (χ1) is 11.5. The third-order valence-corrected chi connectivity index (χ3v) is 4.09. The number of anilines is 1. The number of piperidine rings is 1. The molecule has 1 aliphatic rings. The van der Waals surface area contributed by atoms with Crippen molar-refractivity contribution >= 4 is 17.5 Å². The van der Waals surface area contributed by atoms with Crippen LogP contribution in [0.2, 0.25) is 0 Å². The third-order valence-electron chi connectivity index (χ3n) is 4.09. The zero-order chi connectivity index (χ0) is 17.5. The SMILES string of the molecule is COCCN1CCC[C@@H](NC(=O)C(=O)Nc2ccc(C)c(F)c2)C1. The highest BCUT2D eigenvalue weighted by atomic mass is 19.1. The number of ether oxygens (including phenoxy) is 1. The van der Waals surface area contributed by atoms with Crippen LogP contribution in [-0.2, 0) is 14.3 Å². The van der Waals surface area contributed by atoms with Gasteiger partial charge >= 0.3 is 11.8 Å². The van der Waals surface area contributed by atoms with Gasteiger partial charge in [-0.25, -0.2) is 4.39 Å². The molecule has 0 aliphatic carbocycles. The molecule has 0 bridgehead atoms. The van der Waals surface area contributed by atoms with E-state index in [2.05, 4.69) is 15.5 Å². The minimum absolute atomic E-state index is 0.0661. The summed E-state index contributed by atoms with van der Waals surface area (Å²) in [6, 6.07) is 4.26. The number of nitrogens with one attached hydrogen (secondary N) is 2. The second-order valence-electron chi connectivity index (χ2n) is 6.02. The minimum Gasteiger partial charge on any atom is -0.383 e. The molecule has 2 N–H and O–H groups in total. The number of hydrogen-bond acceptors (Lipinski definition) is 4. The molecule has 0 saturated carbocycles. The Hall–Kier alpha value is -1.99. The van der Waals surface area contributed by atoms with E-state index in [9.17, 15) is 14.0 Å². The highest BCUT2D eigenvalue weighted by Crippen LogP contribution is 2.14. The first-order valence-corrected chi connectivity index (χ1v) is 8.09. The lowest BCUT2D eigenvalue weighted by Crippen LogP contribution is -2.50. The van der Waals surface area contributed by atoms with Crippen LogP contribution < -0.4 is 10.6 Å². The molecule has 6 nitrogen and oxygen atoms in total. The first-order valence-electron chi connectivity index (χ1n) is 8.09. The zero-order valence-electron chi connectivity index (χ0n) is 14.1. The van der Waals surface area contributed by atoms with Gasteiger partial charge in [-0.1, -0.05) is 6.07 Å². The summed E-state index contributed by atoms with van der Waals surface area (Å²) in [5, 5.41) is 5.16. The molecular formula is C17H24FN3O3. The second-order valence-corrected chi connectivity index (χ2v) is 6.02. The molecule has 1 heterocycles. The lowest BCUT2D eigenvalue weighted by atomic mass is 10.1. The summed E-state index contributed by atoms with van der Waals surface area (Å²) in [6.07, 6.45) is 1.79. The van der Waals surface area contributed by atoms with Crippen LogP contribution >= 0.6 is 0 Å². The fraction of sp³-hybridized carbons (Fsp3) is 0.529. The maximum Gasteiger partial charge on any atom is 0.313 e. The molecule has 0 unspecified atom stereocenters. The highest BCUT2D eigenvalue weighted by molar-refractivity contribution is 6.39. The highest BCUT2D eigenvalue weighted by Gasteiger charge is 2.24. The fourth-order valence-corrected chi connectivity index (χ4v) is 2.71. The lowest BCUT2D eigenvalue weighted by Gasteiger charge is -2.32. The largest absolute Gasteiger partial charge is 0.383 e. The smallest absolute Gasteiger partial charge is 0.313 e. The number of amides is 2. The van der Waals surface area contributed by atoms with Crippen molar-refractivity contribution in [1.29, 1.82) is 0 Å². The number of methoxy groups -OCH3 is 1. The predicted molar refractivity (Wildman–Crippen MR) is 89.2 cm³/mol. The summed E-state index contributed by atoms with van der Waals surface area (Å²) in [5.41, 5.74) is 0.749. The number of hydrogen-bond donors (Lipinski definition) is 2.